The zero-order valence-corrected chi connectivity index (χ0v) is 13.4. The average molecular weight is 287 g/mol. The third kappa shape index (κ3) is 6.30. The second-order valence-corrected chi connectivity index (χ2v) is 5.83. The summed E-state index contributed by atoms with van der Waals surface area (Å²) < 4.78 is 5.22. The first-order valence-electron chi connectivity index (χ1n) is 7.24. The van der Waals surface area contributed by atoms with Crippen LogP contribution in [0.25, 0.3) is 5.57 Å². The van der Waals surface area contributed by atoms with Gasteiger partial charge in [0, 0.05) is 6.54 Å². The van der Waals surface area contributed by atoms with Crippen LogP contribution in [-0.4, -0.2) is 11.7 Å². The fraction of sp³-hybridized carbons (Fsp3) is 0.389. The van der Waals surface area contributed by atoms with Crippen LogP contribution in [0.5, 0.6) is 0 Å². The summed E-state index contributed by atoms with van der Waals surface area (Å²) in [6.07, 6.45) is 4.54. The molecule has 0 atom stereocenters. The van der Waals surface area contributed by atoms with Crippen molar-refractivity contribution in [2.24, 2.45) is 0 Å². The first-order valence-corrected chi connectivity index (χ1v) is 7.24. The molecule has 0 aliphatic heterocycles. The highest BCUT2D eigenvalue weighted by Crippen LogP contribution is 2.17. The summed E-state index contributed by atoms with van der Waals surface area (Å²) in [6, 6.07) is 8.06. The van der Waals surface area contributed by atoms with E-state index in [0.29, 0.717) is 6.54 Å². The number of hydrogen-bond donors (Lipinski definition) is 1. The molecule has 0 bridgehead atoms. The second-order valence-electron chi connectivity index (χ2n) is 5.83. The topological polar surface area (TPSA) is 38.3 Å². The Morgan fingerprint density at radius 3 is 2.67 bits per heavy atom. The summed E-state index contributed by atoms with van der Waals surface area (Å²) in [5, 5.41) is 2.77. The molecule has 0 fully saturated rings. The van der Waals surface area contributed by atoms with Gasteiger partial charge in [0.2, 0.25) is 0 Å². The summed E-state index contributed by atoms with van der Waals surface area (Å²) in [6.45, 7) is 11.9. The minimum atomic E-state index is -0.480. The van der Waals surface area contributed by atoms with Gasteiger partial charge in [0.1, 0.15) is 5.60 Å². The molecule has 1 N–H and O–H groups in total. The summed E-state index contributed by atoms with van der Waals surface area (Å²) in [5.74, 6) is 0. The summed E-state index contributed by atoms with van der Waals surface area (Å²) in [4.78, 5) is 11.6. The molecule has 0 aliphatic rings. The van der Waals surface area contributed by atoms with E-state index >= 15 is 0 Å². The van der Waals surface area contributed by atoms with E-state index in [4.69, 9.17) is 4.74 Å². The third-order valence-electron chi connectivity index (χ3n) is 2.74. The number of nitrogens with one attached hydrogen (secondary N) is 1. The lowest BCUT2D eigenvalue weighted by molar-refractivity contribution is 0.0523. The Bertz CT molecular complexity index is 524. The maximum absolute atomic E-state index is 11.6. The van der Waals surface area contributed by atoms with Gasteiger partial charge < -0.3 is 10.1 Å². The second kappa shape index (κ2) is 7.67. The molecule has 21 heavy (non-hydrogen) atoms. The number of rotatable bonds is 5. The summed E-state index contributed by atoms with van der Waals surface area (Å²) in [5.41, 5.74) is 2.76. The van der Waals surface area contributed by atoms with Gasteiger partial charge in [0.15, 0.2) is 0 Å². The monoisotopic (exact) mass is 287 g/mol. The largest absolute Gasteiger partial charge is 0.444 e. The minimum Gasteiger partial charge on any atom is -0.444 e. The molecule has 1 aromatic carbocycles. The number of allylic oxidation sites excluding steroid dienone is 3. The maximum Gasteiger partial charge on any atom is 0.407 e. The Morgan fingerprint density at radius 2 is 2.10 bits per heavy atom. The highest BCUT2D eigenvalue weighted by atomic mass is 16.6. The van der Waals surface area contributed by atoms with Crippen LogP contribution in [0, 0.1) is 0 Å². The summed E-state index contributed by atoms with van der Waals surface area (Å²) in [7, 11) is 0. The first kappa shape index (κ1) is 17.0. The number of carbonyl (C=O) groups is 1. The van der Waals surface area contributed by atoms with Crippen molar-refractivity contribution < 1.29 is 9.53 Å². The van der Waals surface area contributed by atoms with E-state index in [1.54, 1.807) is 0 Å². The number of ether oxygens (including phenoxy) is 1. The van der Waals surface area contributed by atoms with Crippen molar-refractivity contribution in [1.29, 1.82) is 0 Å². The average Bonchev–Trinajstić information content (AvgIpc) is 2.41. The van der Waals surface area contributed by atoms with Crippen LogP contribution in [0.2, 0.25) is 0 Å². The van der Waals surface area contributed by atoms with Crippen molar-refractivity contribution in [2.45, 2.75) is 46.3 Å². The Labute approximate surface area is 127 Å². The Kier molecular flexibility index (Phi) is 6.22. The molecule has 0 aromatic heterocycles. The predicted molar refractivity (Wildman–Crippen MR) is 88.0 cm³/mol. The quantitative estimate of drug-likeness (QED) is 0.798. The van der Waals surface area contributed by atoms with Gasteiger partial charge in [0.25, 0.3) is 0 Å². The lowest BCUT2D eigenvalue weighted by atomic mass is 10.0. The minimum absolute atomic E-state index is 0.402. The van der Waals surface area contributed by atoms with E-state index in [9.17, 15) is 4.79 Å². The van der Waals surface area contributed by atoms with Crippen LogP contribution in [0.3, 0.4) is 0 Å². The summed E-state index contributed by atoms with van der Waals surface area (Å²) >= 11 is 0. The molecule has 3 nitrogen and oxygen atoms in total. The predicted octanol–water partition coefficient (Wildman–Crippen LogP) is 4.69. The molecule has 114 valence electrons. The lowest BCUT2D eigenvalue weighted by Crippen LogP contribution is -2.32. The molecule has 0 unspecified atom stereocenters. The van der Waals surface area contributed by atoms with Crippen LogP contribution in [0.4, 0.5) is 4.79 Å². The van der Waals surface area contributed by atoms with Crippen molar-refractivity contribution in [1.82, 2.24) is 5.32 Å². The molecule has 3 heteroatoms. The van der Waals surface area contributed by atoms with Crippen LogP contribution in [0.15, 0.2) is 43.0 Å². The highest BCUT2D eigenvalue weighted by Gasteiger charge is 2.15. The van der Waals surface area contributed by atoms with E-state index in [1.165, 1.54) is 0 Å². The van der Waals surface area contributed by atoms with E-state index in [0.717, 1.165) is 23.1 Å². The van der Waals surface area contributed by atoms with Gasteiger partial charge in [-0.25, -0.2) is 4.79 Å². The van der Waals surface area contributed by atoms with Gasteiger partial charge in [-0.15, -0.1) is 0 Å². The van der Waals surface area contributed by atoms with Crippen molar-refractivity contribution in [3.63, 3.8) is 0 Å². The Morgan fingerprint density at radius 1 is 1.38 bits per heavy atom. The van der Waals surface area contributed by atoms with Gasteiger partial charge in [-0.2, -0.15) is 0 Å². The van der Waals surface area contributed by atoms with Crippen molar-refractivity contribution in [2.75, 3.05) is 0 Å². The highest BCUT2D eigenvalue weighted by molar-refractivity contribution is 5.74. The van der Waals surface area contributed by atoms with E-state index in [2.05, 4.69) is 31.0 Å². The molecule has 0 saturated heterocycles. The van der Waals surface area contributed by atoms with Crippen molar-refractivity contribution in [3.8, 4) is 0 Å². The molecular formula is C18H25NO2. The standard InChI is InChI=1S/C18H25NO2/c1-6-9-15(7-2)16-11-8-10-14(12-16)13-19-17(20)21-18(3,4)5/h7-12H,2,6,13H2,1,3-5H3,(H,19,20)/b15-9+. The number of alkyl carbamates (subject to hydrolysis) is 1. The molecule has 1 rings (SSSR count). The molecule has 1 amide bonds. The van der Waals surface area contributed by atoms with Gasteiger partial charge in [-0.05, 0) is 50.0 Å². The number of benzene rings is 1. The maximum atomic E-state index is 11.6. The normalized spacial score (nSPS) is 11.9. The lowest BCUT2D eigenvalue weighted by Gasteiger charge is -2.19. The van der Waals surface area contributed by atoms with Crippen LogP contribution in [0.1, 0.15) is 45.2 Å². The molecule has 0 saturated carbocycles. The van der Waals surface area contributed by atoms with Gasteiger partial charge in [-0.3, -0.25) is 0 Å². The van der Waals surface area contributed by atoms with Gasteiger partial charge in [-0.1, -0.05) is 43.9 Å². The molecule has 0 heterocycles. The van der Waals surface area contributed by atoms with Crippen LogP contribution in [-0.2, 0) is 11.3 Å². The van der Waals surface area contributed by atoms with E-state index < -0.39 is 11.7 Å². The van der Waals surface area contributed by atoms with Crippen molar-refractivity contribution in [3.05, 3.63) is 54.1 Å². The molecule has 1 aromatic rings. The number of amides is 1. The third-order valence-corrected chi connectivity index (χ3v) is 2.74. The van der Waals surface area contributed by atoms with Gasteiger partial charge >= 0.3 is 6.09 Å². The number of hydrogen-bond acceptors (Lipinski definition) is 2. The van der Waals surface area contributed by atoms with Crippen LogP contribution < -0.4 is 5.32 Å². The zero-order valence-electron chi connectivity index (χ0n) is 13.4. The first-order chi connectivity index (χ1) is 9.85. The SMILES string of the molecule is C=C/C(=C\CC)c1cccc(CNC(=O)OC(C)(C)C)c1. The molecular weight excluding hydrogens is 262 g/mol. The Hall–Kier alpha value is -2.03. The fourth-order valence-corrected chi connectivity index (χ4v) is 1.89. The fourth-order valence-electron chi connectivity index (χ4n) is 1.89. The van der Waals surface area contributed by atoms with Crippen molar-refractivity contribution >= 4 is 11.7 Å². The van der Waals surface area contributed by atoms with Gasteiger partial charge in [0.05, 0.1) is 0 Å². The molecule has 0 radical (unpaired) electrons. The molecule has 0 aliphatic carbocycles. The smallest absolute Gasteiger partial charge is 0.407 e. The van der Waals surface area contributed by atoms with E-state index in [-0.39, 0.29) is 0 Å². The Balaban J connectivity index is 2.71. The van der Waals surface area contributed by atoms with Crippen LogP contribution >= 0.6 is 0 Å². The molecule has 0 spiro atoms. The zero-order chi connectivity index (χ0) is 15.9. The van der Waals surface area contributed by atoms with E-state index in [1.807, 2.05) is 45.0 Å². The number of carbonyl (C=O) groups excluding carboxylic acids is 1.